The molecule has 128 valence electrons. The molecule has 24 heavy (non-hydrogen) atoms. The summed E-state index contributed by atoms with van der Waals surface area (Å²) in [6.07, 6.45) is 8.57. The number of hydrogen-bond acceptors (Lipinski definition) is 2. The number of carbonyl (C=O) groups is 1. The molecule has 1 saturated heterocycles. The molecule has 1 aromatic carbocycles. The van der Waals surface area contributed by atoms with E-state index in [9.17, 15) is 4.79 Å². The molecule has 0 radical (unpaired) electrons. The molecule has 0 bridgehead atoms. The van der Waals surface area contributed by atoms with Crippen LogP contribution >= 0.6 is 0 Å². The summed E-state index contributed by atoms with van der Waals surface area (Å²) in [6, 6.07) is 6.42. The Hall–Kier alpha value is -1.81. The van der Waals surface area contributed by atoms with Gasteiger partial charge in [-0.3, -0.25) is 4.79 Å². The number of amides is 1. The van der Waals surface area contributed by atoms with E-state index in [4.69, 9.17) is 5.11 Å². The molecule has 4 rings (SSSR count). The van der Waals surface area contributed by atoms with Gasteiger partial charge in [-0.2, -0.15) is 0 Å². The van der Waals surface area contributed by atoms with Gasteiger partial charge < -0.3 is 15.0 Å². The van der Waals surface area contributed by atoms with E-state index in [-0.39, 0.29) is 12.5 Å². The van der Waals surface area contributed by atoms with Gasteiger partial charge in [-0.25, -0.2) is 0 Å². The van der Waals surface area contributed by atoms with Crippen molar-refractivity contribution in [2.75, 3.05) is 13.2 Å². The Labute approximate surface area is 142 Å². The largest absolute Gasteiger partial charge is 0.396 e. The number of H-pyrrole nitrogens is 1. The molecule has 2 heterocycles. The Morgan fingerprint density at radius 1 is 1.25 bits per heavy atom. The number of hydrogen-bond donors (Lipinski definition) is 2. The number of nitrogens with zero attached hydrogens (tertiary/aromatic N) is 1. The lowest BCUT2D eigenvalue weighted by molar-refractivity contribution is 0.0724. The standard InChI is InChI=1S/C20H26N2O2/c23-12-4-6-15-5-3-11-22(15)20(24)14-9-10-19-17(13-14)16-7-1-2-8-18(16)21-19/h9-10,13,15,21,23H,1-8,11-12H2. The van der Waals surface area contributed by atoms with Gasteiger partial charge in [0.1, 0.15) is 0 Å². The van der Waals surface area contributed by atoms with E-state index >= 15 is 0 Å². The second-order valence-electron chi connectivity index (χ2n) is 7.21. The molecule has 1 fully saturated rings. The Morgan fingerprint density at radius 3 is 3.00 bits per heavy atom. The fraction of sp³-hybridized carbons (Fsp3) is 0.550. The van der Waals surface area contributed by atoms with Crippen molar-refractivity contribution in [1.29, 1.82) is 0 Å². The minimum absolute atomic E-state index is 0.156. The second kappa shape index (κ2) is 6.60. The van der Waals surface area contributed by atoms with Crippen molar-refractivity contribution in [3.63, 3.8) is 0 Å². The molecular weight excluding hydrogens is 300 g/mol. The van der Waals surface area contributed by atoms with E-state index in [0.717, 1.165) is 56.1 Å². The van der Waals surface area contributed by atoms with Gasteiger partial charge in [0.15, 0.2) is 0 Å². The van der Waals surface area contributed by atoms with Crippen molar-refractivity contribution >= 4 is 16.8 Å². The number of carbonyl (C=O) groups excluding carboxylic acids is 1. The van der Waals surface area contributed by atoms with Crippen molar-refractivity contribution in [2.45, 2.75) is 57.4 Å². The molecule has 4 nitrogen and oxygen atoms in total. The summed E-state index contributed by atoms with van der Waals surface area (Å²) in [6.45, 7) is 1.05. The summed E-state index contributed by atoms with van der Waals surface area (Å²) >= 11 is 0. The first-order valence-electron chi connectivity index (χ1n) is 9.33. The van der Waals surface area contributed by atoms with Crippen LogP contribution in [0.1, 0.15) is 60.1 Å². The SMILES string of the molecule is O=C(c1ccc2[nH]c3c(c2c1)CCCC3)N1CCCC1CCCO. The Balaban J connectivity index is 1.62. The zero-order valence-electron chi connectivity index (χ0n) is 14.2. The third-order valence-electron chi connectivity index (χ3n) is 5.68. The second-order valence-corrected chi connectivity index (χ2v) is 7.21. The Bertz CT molecular complexity index is 749. The third-order valence-corrected chi connectivity index (χ3v) is 5.68. The molecule has 2 N–H and O–H groups in total. The molecule has 2 aliphatic rings. The van der Waals surface area contributed by atoms with Gasteiger partial charge in [-0.15, -0.1) is 0 Å². The molecule has 1 amide bonds. The molecule has 1 aromatic heterocycles. The summed E-state index contributed by atoms with van der Waals surface area (Å²) in [5.41, 5.74) is 4.76. The van der Waals surface area contributed by atoms with Crippen LogP contribution in [0.25, 0.3) is 10.9 Å². The zero-order valence-corrected chi connectivity index (χ0v) is 14.2. The molecule has 4 heteroatoms. The van der Waals surface area contributed by atoms with Crippen LogP contribution in [0.15, 0.2) is 18.2 Å². The number of likely N-dealkylation sites (tertiary alicyclic amines) is 1. The van der Waals surface area contributed by atoms with Gasteiger partial charge in [0.25, 0.3) is 5.91 Å². The highest BCUT2D eigenvalue weighted by Crippen LogP contribution is 2.31. The average Bonchev–Trinajstić information content (AvgIpc) is 3.23. The number of fused-ring (bicyclic) bond motifs is 3. The highest BCUT2D eigenvalue weighted by Gasteiger charge is 2.29. The van der Waals surface area contributed by atoms with Gasteiger partial charge in [-0.05, 0) is 75.1 Å². The Morgan fingerprint density at radius 2 is 2.12 bits per heavy atom. The van der Waals surface area contributed by atoms with Crippen molar-refractivity contribution in [3.05, 3.63) is 35.0 Å². The van der Waals surface area contributed by atoms with Gasteiger partial charge in [0.2, 0.25) is 0 Å². The molecule has 1 unspecified atom stereocenters. The topological polar surface area (TPSA) is 56.3 Å². The lowest BCUT2D eigenvalue weighted by Crippen LogP contribution is -2.35. The Kier molecular flexibility index (Phi) is 4.31. The summed E-state index contributed by atoms with van der Waals surface area (Å²) in [4.78, 5) is 18.6. The number of aliphatic hydroxyl groups is 1. The van der Waals surface area contributed by atoms with E-state index < -0.39 is 0 Å². The molecule has 0 spiro atoms. The zero-order chi connectivity index (χ0) is 16.5. The fourth-order valence-electron chi connectivity index (χ4n) is 4.43. The van der Waals surface area contributed by atoms with E-state index in [2.05, 4.69) is 17.1 Å². The number of benzene rings is 1. The molecule has 0 saturated carbocycles. The first-order valence-corrected chi connectivity index (χ1v) is 9.33. The highest BCUT2D eigenvalue weighted by molar-refractivity contribution is 5.99. The van der Waals surface area contributed by atoms with Gasteiger partial charge >= 0.3 is 0 Å². The molecule has 1 aliphatic heterocycles. The number of aliphatic hydroxyl groups excluding tert-OH is 1. The fourth-order valence-corrected chi connectivity index (χ4v) is 4.43. The molecule has 1 aliphatic carbocycles. The molecular formula is C20H26N2O2. The maximum absolute atomic E-state index is 13.0. The van der Waals surface area contributed by atoms with Gasteiger partial charge in [0.05, 0.1) is 0 Å². The maximum Gasteiger partial charge on any atom is 0.254 e. The average molecular weight is 326 g/mol. The van der Waals surface area contributed by atoms with Gasteiger partial charge in [0, 0.05) is 41.4 Å². The van der Waals surface area contributed by atoms with E-state index in [0.29, 0.717) is 6.04 Å². The summed E-state index contributed by atoms with van der Waals surface area (Å²) in [7, 11) is 0. The van der Waals surface area contributed by atoms with E-state index in [1.54, 1.807) is 0 Å². The van der Waals surface area contributed by atoms with Gasteiger partial charge in [-0.1, -0.05) is 0 Å². The number of nitrogens with one attached hydrogen (secondary N) is 1. The number of aromatic amines is 1. The van der Waals surface area contributed by atoms with Crippen LogP contribution in [0.5, 0.6) is 0 Å². The highest BCUT2D eigenvalue weighted by atomic mass is 16.3. The summed E-state index contributed by atoms with van der Waals surface area (Å²) in [5, 5.41) is 10.3. The minimum Gasteiger partial charge on any atom is -0.396 e. The van der Waals surface area contributed by atoms with Crippen molar-refractivity contribution < 1.29 is 9.90 Å². The number of aryl methyl sites for hydroxylation is 2. The summed E-state index contributed by atoms with van der Waals surface area (Å²) < 4.78 is 0. The maximum atomic E-state index is 13.0. The number of aromatic nitrogens is 1. The van der Waals surface area contributed by atoms with Crippen LogP contribution in [0.4, 0.5) is 0 Å². The van der Waals surface area contributed by atoms with Crippen LogP contribution in [-0.2, 0) is 12.8 Å². The summed E-state index contributed by atoms with van der Waals surface area (Å²) in [5.74, 6) is 0.156. The number of rotatable bonds is 4. The molecule has 2 aromatic rings. The van der Waals surface area contributed by atoms with Crippen LogP contribution in [0, 0.1) is 0 Å². The quantitative estimate of drug-likeness (QED) is 0.904. The third kappa shape index (κ3) is 2.73. The van der Waals surface area contributed by atoms with Crippen LogP contribution in [0.2, 0.25) is 0 Å². The lowest BCUT2D eigenvalue weighted by atomic mass is 9.95. The van der Waals surface area contributed by atoms with Crippen molar-refractivity contribution in [3.8, 4) is 0 Å². The lowest BCUT2D eigenvalue weighted by Gasteiger charge is -2.24. The van der Waals surface area contributed by atoms with Crippen LogP contribution < -0.4 is 0 Å². The van der Waals surface area contributed by atoms with Crippen molar-refractivity contribution in [1.82, 2.24) is 9.88 Å². The monoisotopic (exact) mass is 326 g/mol. The molecule has 1 atom stereocenters. The minimum atomic E-state index is 0.156. The van der Waals surface area contributed by atoms with E-state index in [1.165, 1.54) is 29.5 Å². The van der Waals surface area contributed by atoms with Crippen LogP contribution in [-0.4, -0.2) is 40.1 Å². The normalized spacial score (nSPS) is 20.5. The van der Waals surface area contributed by atoms with Crippen LogP contribution in [0.3, 0.4) is 0 Å². The predicted octanol–water partition coefficient (Wildman–Crippen LogP) is 3.42. The first-order chi connectivity index (χ1) is 11.8. The predicted molar refractivity (Wildman–Crippen MR) is 95.3 cm³/mol. The van der Waals surface area contributed by atoms with Crippen molar-refractivity contribution in [2.24, 2.45) is 0 Å². The smallest absolute Gasteiger partial charge is 0.254 e. The first kappa shape index (κ1) is 15.7. The van der Waals surface area contributed by atoms with E-state index in [1.807, 2.05) is 11.0 Å².